The molecule has 0 bridgehead atoms. The smallest absolute Gasteiger partial charge is 0.234 e. The van der Waals surface area contributed by atoms with Gasteiger partial charge >= 0.3 is 0 Å². The number of amides is 2. The van der Waals surface area contributed by atoms with Crippen molar-refractivity contribution in [3.8, 4) is 0 Å². The predicted octanol–water partition coefficient (Wildman–Crippen LogP) is 4.72. The van der Waals surface area contributed by atoms with E-state index in [4.69, 9.17) is 4.79 Å². The Kier molecular flexibility index (Phi) is 15.6. The van der Waals surface area contributed by atoms with Crippen LogP contribution in [0.5, 0.6) is 0 Å². The van der Waals surface area contributed by atoms with Crippen LogP contribution in [-0.4, -0.2) is 68.3 Å². The van der Waals surface area contributed by atoms with Gasteiger partial charge in [-0.2, -0.15) is 0 Å². The molecule has 3 atom stereocenters. The van der Waals surface area contributed by atoms with Crippen LogP contribution in [0.3, 0.4) is 0 Å². The first kappa shape index (κ1) is 34.7. The fraction of sp³-hybridized carbons (Fsp3) is 0.500. The molecule has 3 unspecified atom stereocenters. The molecule has 8 nitrogen and oxygen atoms in total. The van der Waals surface area contributed by atoms with E-state index in [1.54, 1.807) is 25.2 Å². The van der Waals surface area contributed by atoms with Gasteiger partial charge in [-0.15, -0.1) is 0 Å². The van der Waals surface area contributed by atoms with Gasteiger partial charge in [0, 0.05) is 36.1 Å². The Balaban J connectivity index is 0.000000315. The molecule has 1 aliphatic carbocycles. The third kappa shape index (κ3) is 9.81. The zero-order valence-corrected chi connectivity index (χ0v) is 26.3. The van der Waals surface area contributed by atoms with Gasteiger partial charge in [-0.25, -0.2) is 0 Å². The molecule has 2 heterocycles. The number of H-pyrrole nitrogens is 1. The molecule has 0 radical (unpaired) electrons. The molecule has 8 heteroatoms. The van der Waals surface area contributed by atoms with Gasteiger partial charge in [0.05, 0.1) is 18.6 Å². The van der Waals surface area contributed by atoms with Crippen LogP contribution in [0.2, 0.25) is 0 Å². The lowest BCUT2D eigenvalue weighted by Crippen LogP contribution is -2.41. The van der Waals surface area contributed by atoms with Crippen molar-refractivity contribution < 1.29 is 14.4 Å². The molecule has 2 aromatic carbocycles. The van der Waals surface area contributed by atoms with Gasteiger partial charge in [-0.1, -0.05) is 56.3 Å². The number of likely N-dealkylation sites (tertiary alicyclic amines) is 1. The van der Waals surface area contributed by atoms with Crippen LogP contribution in [0, 0.1) is 0 Å². The van der Waals surface area contributed by atoms with Crippen molar-refractivity contribution in [1.29, 1.82) is 0 Å². The van der Waals surface area contributed by atoms with Gasteiger partial charge in [-0.3, -0.25) is 14.5 Å². The molecule has 1 aromatic heterocycles. The number of aromatic nitrogens is 1. The van der Waals surface area contributed by atoms with Crippen LogP contribution < -0.4 is 16.0 Å². The number of carbonyl (C=O) groups is 3. The Morgan fingerprint density at radius 2 is 1.60 bits per heavy atom. The normalized spacial score (nSPS) is 18.0. The third-order valence-electron chi connectivity index (χ3n) is 7.88. The van der Waals surface area contributed by atoms with Crippen molar-refractivity contribution in [3.05, 3.63) is 70.9 Å². The Morgan fingerprint density at radius 1 is 1.00 bits per heavy atom. The summed E-state index contributed by atoms with van der Waals surface area (Å²) in [6.07, 6.45) is 9.58. The number of carbonyl (C=O) groups excluding carboxylic acids is 3. The fourth-order valence-corrected chi connectivity index (χ4v) is 5.63. The summed E-state index contributed by atoms with van der Waals surface area (Å²) >= 11 is 0. The molecule has 0 spiro atoms. The zero-order chi connectivity index (χ0) is 30.9. The van der Waals surface area contributed by atoms with E-state index >= 15 is 0 Å². The lowest BCUT2D eigenvalue weighted by atomic mass is 9.92. The van der Waals surface area contributed by atoms with E-state index in [0.29, 0.717) is 24.9 Å². The highest BCUT2D eigenvalue weighted by Gasteiger charge is 2.32. The Morgan fingerprint density at radius 3 is 2.12 bits per heavy atom. The van der Waals surface area contributed by atoms with Crippen LogP contribution in [-0.2, 0) is 33.6 Å². The second-order valence-electron chi connectivity index (χ2n) is 10.6. The first-order chi connectivity index (χ1) is 20.4. The second-order valence-corrected chi connectivity index (χ2v) is 10.6. The fourth-order valence-electron chi connectivity index (χ4n) is 5.63. The average molecular weight is 578 g/mol. The number of para-hydroxylation sites is 1. The zero-order valence-electron chi connectivity index (χ0n) is 26.3. The number of hydrogen-bond donors (Lipinski definition) is 4. The molecule has 42 heavy (non-hydrogen) atoms. The highest BCUT2D eigenvalue weighted by molar-refractivity contribution is 5.86. The third-order valence-corrected chi connectivity index (χ3v) is 7.88. The lowest BCUT2D eigenvalue weighted by Gasteiger charge is -2.24. The number of aryl methyl sites for hydroxylation is 2. The average Bonchev–Trinajstić information content (AvgIpc) is 3.56. The topological polar surface area (TPSA) is 106 Å². The number of nitrogens with zero attached hydrogens (tertiary/aromatic N) is 1. The van der Waals surface area contributed by atoms with E-state index in [0.717, 1.165) is 35.6 Å². The Labute approximate surface area is 252 Å². The number of aromatic amines is 1. The molecular formula is C34H51N5O3. The van der Waals surface area contributed by atoms with Crippen LogP contribution in [0.15, 0.2) is 48.5 Å². The molecule has 1 saturated heterocycles. The second kappa shape index (κ2) is 18.8. The maximum Gasteiger partial charge on any atom is 0.234 e. The minimum Gasteiger partial charge on any atom is -0.362 e. The van der Waals surface area contributed by atoms with Gasteiger partial charge in [0.15, 0.2) is 0 Å². The maximum absolute atomic E-state index is 11.9. The Hall–Kier alpha value is -3.49. The Bertz CT molecular complexity index is 1220. The number of likely N-dealkylation sites (N-methyl/N-ethyl adjacent to an activating group) is 1. The monoisotopic (exact) mass is 577 g/mol. The summed E-state index contributed by atoms with van der Waals surface area (Å²) in [6.45, 7) is 6.45. The summed E-state index contributed by atoms with van der Waals surface area (Å²) in [5.41, 5.74) is 6.54. The van der Waals surface area contributed by atoms with Crippen molar-refractivity contribution in [3.63, 3.8) is 0 Å². The van der Waals surface area contributed by atoms with Gasteiger partial charge < -0.3 is 25.7 Å². The summed E-state index contributed by atoms with van der Waals surface area (Å²) in [5, 5.41) is 9.00. The van der Waals surface area contributed by atoms with E-state index in [1.165, 1.54) is 31.4 Å². The van der Waals surface area contributed by atoms with Gasteiger partial charge in [0.2, 0.25) is 12.3 Å². The summed E-state index contributed by atoms with van der Waals surface area (Å²) < 4.78 is 0. The molecule has 0 saturated carbocycles. The van der Waals surface area contributed by atoms with E-state index in [-0.39, 0.29) is 12.5 Å². The molecule has 2 amide bonds. The van der Waals surface area contributed by atoms with E-state index in [1.807, 2.05) is 26.0 Å². The quantitative estimate of drug-likeness (QED) is 0.290. The van der Waals surface area contributed by atoms with Crippen LogP contribution >= 0.6 is 0 Å². The van der Waals surface area contributed by atoms with Crippen LogP contribution in [0.4, 0.5) is 0 Å². The van der Waals surface area contributed by atoms with Crippen molar-refractivity contribution in [2.45, 2.75) is 83.8 Å². The molecule has 2 aliphatic rings. The van der Waals surface area contributed by atoms with Crippen molar-refractivity contribution >= 4 is 29.5 Å². The number of hydrogen-bond acceptors (Lipinski definition) is 5. The van der Waals surface area contributed by atoms with E-state index in [9.17, 15) is 9.59 Å². The molecule has 4 N–H and O–H groups in total. The van der Waals surface area contributed by atoms with Crippen LogP contribution in [0.25, 0.3) is 10.9 Å². The van der Waals surface area contributed by atoms with Crippen molar-refractivity contribution in [1.82, 2.24) is 25.8 Å². The highest BCUT2D eigenvalue weighted by Crippen LogP contribution is 2.38. The largest absolute Gasteiger partial charge is 0.362 e. The minimum absolute atomic E-state index is 0.169. The maximum atomic E-state index is 11.9. The molecular weight excluding hydrogens is 526 g/mol. The first-order valence-electron chi connectivity index (χ1n) is 15.3. The van der Waals surface area contributed by atoms with Crippen molar-refractivity contribution in [2.75, 3.05) is 27.7 Å². The van der Waals surface area contributed by atoms with Gasteiger partial charge in [0.1, 0.15) is 6.29 Å². The summed E-state index contributed by atoms with van der Waals surface area (Å²) in [7, 11) is 5.43. The number of benzene rings is 2. The molecule has 230 valence electrons. The summed E-state index contributed by atoms with van der Waals surface area (Å²) in [4.78, 5) is 38.5. The van der Waals surface area contributed by atoms with Gasteiger partial charge in [-0.05, 0) is 82.3 Å². The molecule has 1 aliphatic heterocycles. The number of aldehydes is 1. The predicted molar refractivity (Wildman–Crippen MR) is 173 cm³/mol. The number of rotatable bonds is 8. The van der Waals surface area contributed by atoms with E-state index < -0.39 is 6.04 Å². The van der Waals surface area contributed by atoms with Crippen molar-refractivity contribution in [2.24, 2.45) is 0 Å². The summed E-state index contributed by atoms with van der Waals surface area (Å²) in [5.74, 6) is -0.169. The summed E-state index contributed by atoms with van der Waals surface area (Å²) in [6, 6.07) is 17.3. The van der Waals surface area contributed by atoms with Crippen LogP contribution in [0.1, 0.15) is 74.9 Å². The minimum atomic E-state index is -0.530. The SMILES string of the molecule is CC.CNC=O.CNCC(=O)NC(C=O)Cc1c(C2CCC(C)N2C)[nH]c2ccccc12.c1ccc2c(c1)CCCC2. The molecule has 3 aromatic rings. The molecule has 1 fully saturated rings. The first-order valence-corrected chi connectivity index (χ1v) is 15.3. The van der Waals surface area contributed by atoms with E-state index in [2.05, 4.69) is 76.2 Å². The standard InChI is InChI=1S/C20H28N4O2.C10H12.C2H5NO.C2H6/c1-13-8-9-18(24(13)3)20-16(15-6-4-5-7-17(15)23-20)10-14(12-25)22-19(26)11-21-2;1-2-6-10-8-4-3-7-9(10)5-1;1-3-2-4;1-2/h4-7,12-14,18,21,23H,8-11H2,1-3H3,(H,22,26);1-2,5-6H,3-4,7-8H2;2H,1H3,(H,3,4);1-2H3. The highest BCUT2D eigenvalue weighted by atomic mass is 16.2. The number of nitrogens with one attached hydrogen (secondary N) is 4. The number of fused-ring (bicyclic) bond motifs is 2. The lowest BCUT2D eigenvalue weighted by molar-refractivity contribution is -0.123. The van der Waals surface area contributed by atoms with Gasteiger partial charge in [0.25, 0.3) is 0 Å². The molecule has 5 rings (SSSR count).